The number of carboxylic acid groups (broad SMARTS) is 1. The molecule has 0 aromatic rings. The van der Waals surface area contributed by atoms with E-state index >= 15 is 0 Å². The Hall–Kier alpha value is -0.910. The maximum absolute atomic E-state index is 12.5. The van der Waals surface area contributed by atoms with Crippen molar-refractivity contribution in [3.63, 3.8) is 0 Å². The number of urea groups is 1. The van der Waals surface area contributed by atoms with Crippen LogP contribution in [0.5, 0.6) is 0 Å². The molecule has 1 aliphatic carbocycles. The van der Waals surface area contributed by atoms with E-state index in [0.717, 1.165) is 44.4 Å². The Bertz CT molecular complexity index is 383. The summed E-state index contributed by atoms with van der Waals surface area (Å²) in [4.78, 5) is 25.5. The van der Waals surface area contributed by atoms with Crippen LogP contribution in [0.15, 0.2) is 0 Å². The second-order valence-electron chi connectivity index (χ2n) is 6.24. The summed E-state index contributed by atoms with van der Waals surface area (Å²) in [5, 5.41) is 12.4. The lowest BCUT2D eigenvalue weighted by atomic mass is 9.87. The van der Waals surface area contributed by atoms with Gasteiger partial charge in [0.15, 0.2) is 0 Å². The fourth-order valence-electron chi connectivity index (χ4n) is 3.15. The van der Waals surface area contributed by atoms with Crippen molar-refractivity contribution in [2.24, 2.45) is 5.92 Å². The van der Waals surface area contributed by atoms with Crippen LogP contribution in [-0.2, 0) is 4.79 Å². The fourth-order valence-corrected chi connectivity index (χ4v) is 4.66. The molecule has 1 heterocycles. The number of nitrogens with one attached hydrogen (secondary N) is 1. The standard InChI is InChI=1S/C15H26N2O3S/c1-3-4-13-17(12(9-21-13)14(18)19)15(20)16-11-7-5-10(2)6-8-11/h10-13H,3-9H2,1-2H3,(H,16,20)(H,18,19). The normalized spacial score (nSPS) is 33.0. The molecule has 2 aliphatic rings. The molecule has 2 rings (SSSR count). The van der Waals surface area contributed by atoms with Gasteiger partial charge in [0.05, 0.1) is 5.37 Å². The molecule has 1 saturated carbocycles. The van der Waals surface area contributed by atoms with Gasteiger partial charge in [-0.05, 0) is 38.0 Å². The summed E-state index contributed by atoms with van der Waals surface area (Å²) >= 11 is 1.59. The average molecular weight is 314 g/mol. The summed E-state index contributed by atoms with van der Waals surface area (Å²) in [6.45, 7) is 4.31. The number of carbonyl (C=O) groups is 2. The first-order valence-electron chi connectivity index (χ1n) is 7.96. The van der Waals surface area contributed by atoms with Gasteiger partial charge in [0, 0.05) is 11.8 Å². The van der Waals surface area contributed by atoms with Crippen molar-refractivity contribution in [1.29, 1.82) is 0 Å². The van der Waals surface area contributed by atoms with E-state index in [1.165, 1.54) is 0 Å². The first-order valence-corrected chi connectivity index (χ1v) is 9.01. The molecule has 6 heteroatoms. The summed E-state index contributed by atoms with van der Waals surface area (Å²) in [6.07, 6.45) is 6.09. The van der Waals surface area contributed by atoms with Gasteiger partial charge in [-0.15, -0.1) is 11.8 Å². The Morgan fingerprint density at radius 3 is 2.52 bits per heavy atom. The Balaban J connectivity index is 1.97. The predicted octanol–water partition coefficient (Wildman–Crippen LogP) is 2.90. The topological polar surface area (TPSA) is 69.6 Å². The maximum atomic E-state index is 12.5. The van der Waals surface area contributed by atoms with Crippen molar-refractivity contribution >= 4 is 23.8 Å². The molecule has 1 aliphatic heterocycles. The molecule has 2 unspecified atom stereocenters. The van der Waals surface area contributed by atoms with Crippen LogP contribution in [0.2, 0.25) is 0 Å². The van der Waals surface area contributed by atoms with Crippen LogP contribution in [-0.4, -0.2) is 45.2 Å². The third-order valence-electron chi connectivity index (χ3n) is 4.49. The quantitative estimate of drug-likeness (QED) is 0.837. The zero-order valence-corrected chi connectivity index (χ0v) is 13.7. The molecule has 0 radical (unpaired) electrons. The van der Waals surface area contributed by atoms with Gasteiger partial charge >= 0.3 is 12.0 Å². The van der Waals surface area contributed by atoms with Crippen LogP contribution >= 0.6 is 11.8 Å². The predicted molar refractivity (Wildman–Crippen MR) is 84.4 cm³/mol. The average Bonchev–Trinajstić information content (AvgIpc) is 2.86. The van der Waals surface area contributed by atoms with Gasteiger partial charge in [0.25, 0.3) is 0 Å². The van der Waals surface area contributed by atoms with E-state index in [2.05, 4.69) is 19.2 Å². The third kappa shape index (κ3) is 4.05. The highest BCUT2D eigenvalue weighted by atomic mass is 32.2. The molecule has 21 heavy (non-hydrogen) atoms. The summed E-state index contributed by atoms with van der Waals surface area (Å²) in [5.74, 6) is 0.336. The SMILES string of the molecule is CCCC1SCC(C(=O)O)N1C(=O)NC1CCC(C)CC1. The molecule has 2 amide bonds. The first kappa shape index (κ1) is 16.5. The minimum absolute atomic E-state index is 0.00128. The summed E-state index contributed by atoms with van der Waals surface area (Å²) in [7, 11) is 0. The zero-order valence-electron chi connectivity index (χ0n) is 12.9. The Labute approximate surface area is 130 Å². The zero-order chi connectivity index (χ0) is 15.4. The second kappa shape index (κ2) is 7.38. The van der Waals surface area contributed by atoms with Gasteiger partial charge in [-0.3, -0.25) is 4.90 Å². The van der Waals surface area contributed by atoms with Gasteiger partial charge in [-0.2, -0.15) is 0 Å². The van der Waals surface area contributed by atoms with E-state index in [9.17, 15) is 14.7 Å². The van der Waals surface area contributed by atoms with Gasteiger partial charge in [-0.25, -0.2) is 9.59 Å². The Morgan fingerprint density at radius 2 is 1.95 bits per heavy atom. The van der Waals surface area contributed by atoms with Gasteiger partial charge < -0.3 is 10.4 Å². The van der Waals surface area contributed by atoms with Crippen LogP contribution < -0.4 is 5.32 Å². The first-order chi connectivity index (χ1) is 10.0. The van der Waals surface area contributed by atoms with Gasteiger partial charge in [-0.1, -0.05) is 20.3 Å². The highest BCUT2D eigenvalue weighted by molar-refractivity contribution is 8.00. The molecule has 2 atom stereocenters. The Morgan fingerprint density at radius 1 is 1.29 bits per heavy atom. The third-order valence-corrected chi connectivity index (χ3v) is 5.85. The van der Waals surface area contributed by atoms with Gasteiger partial charge in [0.1, 0.15) is 6.04 Å². The van der Waals surface area contributed by atoms with E-state index < -0.39 is 12.0 Å². The van der Waals surface area contributed by atoms with E-state index in [0.29, 0.717) is 5.75 Å². The number of nitrogens with zero attached hydrogens (tertiary/aromatic N) is 1. The summed E-state index contributed by atoms with van der Waals surface area (Å²) < 4.78 is 0. The molecular weight excluding hydrogens is 288 g/mol. The largest absolute Gasteiger partial charge is 0.480 e. The highest BCUT2D eigenvalue weighted by Crippen LogP contribution is 2.33. The number of carbonyl (C=O) groups excluding carboxylic acids is 1. The Kier molecular flexibility index (Phi) is 5.79. The van der Waals surface area contributed by atoms with Crippen molar-refractivity contribution in [2.45, 2.75) is 69.8 Å². The second-order valence-corrected chi connectivity index (χ2v) is 7.46. The lowest BCUT2D eigenvalue weighted by Gasteiger charge is -2.32. The van der Waals surface area contributed by atoms with Crippen molar-refractivity contribution < 1.29 is 14.7 Å². The summed E-state index contributed by atoms with van der Waals surface area (Å²) in [5.41, 5.74) is 0. The smallest absolute Gasteiger partial charge is 0.327 e. The number of thioether (sulfide) groups is 1. The summed E-state index contributed by atoms with van der Waals surface area (Å²) in [6, 6.07) is -0.671. The maximum Gasteiger partial charge on any atom is 0.327 e. The molecule has 0 bridgehead atoms. The minimum Gasteiger partial charge on any atom is -0.480 e. The van der Waals surface area contributed by atoms with Crippen LogP contribution in [0.4, 0.5) is 4.79 Å². The number of rotatable bonds is 4. The van der Waals surface area contributed by atoms with Crippen molar-refractivity contribution in [2.75, 3.05) is 5.75 Å². The van der Waals surface area contributed by atoms with Crippen LogP contribution in [0.1, 0.15) is 52.4 Å². The number of hydrogen-bond acceptors (Lipinski definition) is 3. The molecule has 2 fully saturated rings. The number of carboxylic acids is 1. The van der Waals surface area contributed by atoms with Crippen LogP contribution in [0.25, 0.3) is 0 Å². The van der Waals surface area contributed by atoms with E-state index in [4.69, 9.17) is 0 Å². The van der Waals surface area contributed by atoms with E-state index in [1.807, 2.05) is 0 Å². The molecule has 120 valence electrons. The lowest BCUT2D eigenvalue weighted by Crippen LogP contribution is -2.52. The monoisotopic (exact) mass is 314 g/mol. The molecule has 1 saturated heterocycles. The number of amides is 2. The molecular formula is C15H26N2O3S. The van der Waals surface area contributed by atoms with Crippen molar-refractivity contribution in [1.82, 2.24) is 10.2 Å². The minimum atomic E-state index is -0.895. The molecule has 0 aromatic carbocycles. The molecule has 2 N–H and O–H groups in total. The van der Waals surface area contributed by atoms with Gasteiger partial charge in [0.2, 0.25) is 0 Å². The number of aliphatic carboxylic acids is 1. The molecule has 0 aromatic heterocycles. The number of hydrogen-bond donors (Lipinski definition) is 2. The van der Waals surface area contributed by atoms with E-state index in [-0.39, 0.29) is 17.4 Å². The molecule has 5 nitrogen and oxygen atoms in total. The van der Waals surface area contributed by atoms with Crippen molar-refractivity contribution in [3.8, 4) is 0 Å². The lowest BCUT2D eigenvalue weighted by molar-refractivity contribution is -0.141. The fraction of sp³-hybridized carbons (Fsp3) is 0.867. The van der Waals surface area contributed by atoms with Crippen LogP contribution in [0.3, 0.4) is 0 Å². The van der Waals surface area contributed by atoms with E-state index in [1.54, 1.807) is 16.7 Å². The van der Waals surface area contributed by atoms with Crippen molar-refractivity contribution in [3.05, 3.63) is 0 Å². The highest BCUT2D eigenvalue weighted by Gasteiger charge is 2.41. The molecule has 0 spiro atoms. The van der Waals surface area contributed by atoms with Crippen LogP contribution in [0, 0.1) is 5.92 Å².